The number of Topliss-reactive ketones (excluding diaryl/α,β-unsaturated/α-hetero) is 1. The van der Waals surface area contributed by atoms with Crippen LogP contribution < -0.4 is 19.7 Å². The first-order valence-electron chi connectivity index (χ1n) is 11.1. The zero-order chi connectivity index (χ0) is 23.9. The van der Waals surface area contributed by atoms with E-state index in [-0.39, 0.29) is 42.9 Å². The molecule has 0 spiro atoms. The Morgan fingerprint density at radius 2 is 1.91 bits per heavy atom. The van der Waals surface area contributed by atoms with E-state index in [4.69, 9.17) is 14.2 Å². The third-order valence-corrected chi connectivity index (χ3v) is 5.57. The van der Waals surface area contributed by atoms with E-state index in [0.29, 0.717) is 37.7 Å². The summed E-state index contributed by atoms with van der Waals surface area (Å²) < 4.78 is 29.8. The lowest BCUT2D eigenvalue weighted by Gasteiger charge is -2.29. The molecule has 10 heteroatoms. The van der Waals surface area contributed by atoms with Crippen molar-refractivity contribution in [2.24, 2.45) is 0 Å². The molecule has 1 fully saturated rings. The van der Waals surface area contributed by atoms with Crippen LogP contribution in [-0.4, -0.2) is 81.6 Å². The van der Waals surface area contributed by atoms with Crippen LogP contribution in [0.1, 0.15) is 10.4 Å². The van der Waals surface area contributed by atoms with E-state index < -0.39 is 11.6 Å². The second-order valence-electron chi connectivity index (χ2n) is 7.90. The second-order valence-corrected chi connectivity index (χ2v) is 7.90. The molecule has 180 valence electrons. The van der Waals surface area contributed by atoms with Gasteiger partial charge in [-0.3, -0.25) is 24.2 Å². The Kier molecular flexibility index (Phi) is 7.71. The van der Waals surface area contributed by atoms with Crippen molar-refractivity contribution in [2.45, 2.75) is 0 Å². The number of anilines is 1. The maximum Gasteiger partial charge on any atom is 0.265 e. The maximum absolute atomic E-state index is 13.7. The first-order chi connectivity index (χ1) is 16.5. The van der Waals surface area contributed by atoms with Gasteiger partial charge in [0.15, 0.2) is 30.6 Å². The van der Waals surface area contributed by atoms with E-state index in [1.165, 1.54) is 29.2 Å². The Bertz CT molecular complexity index is 1060. The molecule has 9 nitrogen and oxygen atoms in total. The molecule has 0 aliphatic carbocycles. The van der Waals surface area contributed by atoms with Crippen molar-refractivity contribution in [3.8, 4) is 11.5 Å². The molecule has 2 amide bonds. The highest BCUT2D eigenvalue weighted by molar-refractivity contribution is 6.04. The molecule has 0 bridgehead atoms. The van der Waals surface area contributed by atoms with Crippen molar-refractivity contribution >= 4 is 23.3 Å². The number of nitrogens with zero attached hydrogens (tertiary/aromatic N) is 2. The van der Waals surface area contributed by atoms with Gasteiger partial charge in [-0.15, -0.1) is 0 Å². The largest absolute Gasteiger partial charge is 0.482 e. The van der Waals surface area contributed by atoms with Crippen LogP contribution >= 0.6 is 0 Å². The van der Waals surface area contributed by atoms with Crippen LogP contribution in [0.4, 0.5) is 10.1 Å². The zero-order valence-corrected chi connectivity index (χ0v) is 18.6. The molecule has 0 unspecified atom stereocenters. The molecular weight excluding hydrogens is 445 g/mol. The number of halogens is 1. The summed E-state index contributed by atoms with van der Waals surface area (Å²) in [6.45, 7) is 3.39. The SMILES string of the molecule is O=C(CN1C(=O)COc2ccc(C(=O)COc3ccccc3F)cc21)NCCN1CCOCC1. The Hall–Kier alpha value is -3.50. The summed E-state index contributed by atoms with van der Waals surface area (Å²) in [6.07, 6.45) is 0. The van der Waals surface area contributed by atoms with Crippen molar-refractivity contribution in [3.63, 3.8) is 0 Å². The molecule has 2 aliphatic rings. The van der Waals surface area contributed by atoms with Crippen molar-refractivity contribution in [1.82, 2.24) is 10.2 Å². The van der Waals surface area contributed by atoms with E-state index in [9.17, 15) is 18.8 Å². The van der Waals surface area contributed by atoms with Gasteiger partial charge >= 0.3 is 0 Å². The van der Waals surface area contributed by atoms with E-state index >= 15 is 0 Å². The van der Waals surface area contributed by atoms with Crippen LogP contribution in [0.5, 0.6) is 11.5 Å². The number of benzene rings is 2. The number of nitrogens with one attached hydrogen (secondary N) is 1. The van der Waals surface area contributed by atoms with E-state index in [1.807, 2.05) is 0 Å². The number of carbonyl (C=O) groups excluding carboxylic acids is 3. The molecule has 34 heavy (non-hydrogen) atoms. The molecule has 0 radical (unpaired) electrons. The molecule has 4 rings (SSSR count). The van der Waals surface area contributed by atoms with E-state index in [0.717, 1.165) is 13.1 Å². The summed E-state index contributed by atoms with van der Waals surface area (Å²) in [5.41, 5.74) is 0.586. The highest BCUT2D eigenvalue weighted by Crippen LogP contribution is 2.33. The Morgan fingerprint density at radius 1 is 1.12 bits per heavy atom. The van der Waals surface area contributed by atoms with Gasteiger partial charge in [-0.1, -0.05) is 12.1 Å². The topological polar surface area (TPSA) is 97.4 Å². The van der Waals surface area contributed by atoms with Gasteiger partial charge in [-0.2, -0.15) is 0 Å². The molecule has 2 aliphatic heterocycles. The molecule has 1 saturated heterocycles. The average Bonchev–Trinajstić information content (AvgIpc) is 2.85. The smallest absolute Gasteiger partial charge is 0.265 e. The summed E-state index contributed by atoms with van der Waals surface area (Å²) in [6, 6.07) is 10.4. The first kappa shape index (κ1) is 23.7. The first-order valence-corrected chi connectivity index (χ1v) is 11.1. The lowest BCUT2D eigenvalue weighted by Crippen LogP contribution is -2.47. The van der Waals surface area contributed by atoms with Gasteiger partial charge in [0.2, 0.25) is 5.91 Å². The fraction of sp³-hybridized carbons (Fsp3) is 0.375. The number of amides is 2. The highest BCUT2D eigenvalue weighted by atomic mass is 19.1. The fourth-order valence-corrected chi connectivity index (χ4v) is 3.72. The van der Waals surface area contributed by atoms with Crippen LogP contribution in [0, 0.1) is 5.82 Å². The molecule has 2 aromatic rings. The van der Waals surface area contributed by atoms with Crippen molar-refractivity contribution < 1.29 is 33.0 Å². The number of carbonyl (C=O) groups is 3. The van der Waals surface area contributed by atoms with Gasteiger partial charge in [0.1, 0.15) is 12.3 Å². The lowest BCUT2D eigenvalue weighted by molar-refractivity contribution is -0.125. The van der Waals surface area contributed by atoms with Crippen LogP contribution in [0.15, 0.2) is 42.5 Å². The minimum atomic E-state index is -0.564. The zero-order valence-electron chi connectivity index (χ0n) is 18.6. The quantitative estimate of drug-likeness (QED) is 0.550. The van der Waals surface area contributed by atoms with Gasteiger partial charge in [0.05, 0.1) is 18.9 Å². The molecule has 0 saturated carbocycles. The number of rotatable bonds is 9. The number of fused-ring (bicyclic) bond motifs is 1. The highest BCUT2D eigenvalue weighted by Gasteiger charge is 2.28. The monoisotopic (exact) mass is 471 g/mol. The van der Waals surface area contributed by atoms with Crippen LogP contribution in [0.3, 0.4) is 0 Å². The molecule has 0 atom stereocenters. The molecule has 1 N–H and O–H groups in total. The molecular formula is C24H26FN3O6. The summed E-state index contributed by atoms with van der Waals surface area (Å²) in [5.74, 6) is -1.29. The van der Waals surface area contributed by atoms with Gasteiger partial charge in [-0.05, 0) is 30.3 Å². The van der Waals surface area contributed by atoms with E-state index in [1.54, 1.807) is 18.2 Å². The van der Waals surface area contributed by atoms with E-state index in [2.05, 4.69) is 10.2 Å². The minimum absolute atomic E-state index is 0.0253. The predicted octanol–water partition coefficient (Wildman–Crippen LogP) is 1.26. The standard InChI is InChI=1S/C24H26FN3O6/c25-18-3-1-2-4-21(18)33-15-20(29)17-5-6-22-19(13-17)28(24(31)16-34-22)14-23(30)26-7-8-27-9-11-32-12-10-27/h1-6,13H,7-12,14-16H2,(H,26,30). The Labute approximate surface area is 196 Å². The predicted molar refractivity (Wildman–Crippen MR) is 121 cm³/mol. The molecule has 2 aromatic carbocycles. The number of hydrogen-bond acceptors (Lipinski definition) is 7. The van der Waals surface area contributed by atoms with Gasteiger partial charge < -0.3 is 19.5 Å². The van der Waals surface area contributed by atoms with Gasteiger partial charge in [-0.25, -0.2) is 4.39 Å². The lowest BCUT2D eigenvalue weighted by atomic mass is 10.1. The van der Waals surface area contributed by atoms with Crippen LogP contribution in [-0.2, 0) is 14.3 Å². The number of ketones is 1. The summed E-state index contributed by atoms with van der Waals surface area (Å²) in [7, 11) is 0. The van der Waals surface area contributed by atoms with Crippen LogP contribution in [0.2, 0.25) is 0 Å². The summed E-state index contributed by atoms with van der Waals surface area (Å²) in [4.78, 5) is 41.1. The number of para-hydroxylation sites is 1. The Morgan fingerprint density at radius 3 is 2.71 bits per heavy atom. The summed E-state index contributed by atoms with van der Waals surface area (Å²) >= 11 is 0. The third-order valence-electron chi connectivity index (χ3n) is 5.57. The maximum atomic E-state index is 13.7. The number of ether oxygens (including phenoxy) is 3. The van der Waals surface area contributed by atoms with Gasteiger partial charge in [0.25, 0.3) is 5.91 Å². The normalized spacial score (nSPS) is 15.9. The number of morpholine rings is 1. The van der Waals surface area contributed by atoms with Gasteiger partial charge in [0, 0.05) is 31.7 Å². The summed E-state index contributed by atoms with van der Waals surface area (Å²) in [5, 5.41) is 2.83. The van der Waals surface area contributed by atoms with Crippen molar-refractivity contribution in [2.75, 3.05) is 64.1 Å². The molecule has 0 aromatic heterocycles. The molecule has 2 heterocycles. The second kappa shape index (κ2) is 11.1. The Balaban J connectivity index is 1.37. The minimum Gasteiger partial charge on any atom is -0.482 e. The third kappa shape index (κ3) is 5.89. The number of hydrogen-bond donors (Lipinski definition) is 1. The van der Waals surface area contributed by atoms with Crippen molar-refractivity contribution in [3.05, 3.63) is 53.8 Å². The van der Waals surface area contributed by atoms with Crippen LogP contribution in [0.25, 0.3) is 0 Å². The fourth-order valence-electron chi connectivity index (χ4n) is 3.72. The average molecular weight is 471 g/mol. The van der Waals surface area contributed by atoms with Crippen molar-refractivity contribution in [1.29, 1.82) is 0 Å².